The van der Waals surface area contributed by atoms with Gasteiger partial charge in [0.15, 0.2) is 0 Å². The van der Waals surface area contributed by atoms with Crippen LogP contribution in [-0.4, -0.2) is 36.6 Å². The highest BCUT2D eigenvalue weighted by Gasteiger charge is 2.38. The molecule has 1 fully saturated rings. The predicted molar refractivity (Wildman–Crippen MR) is 101 cm³/mol. The minimum atomic E-state index is -0.861. The molecule has 138 valence electrons. The number of piperidine rings is 1. The van der Waals surface area contributed by atoms with E-state index in [0.717, 1.165) is 30.9 Å². The molecule has 3 rings (SSSR count). The van der Waals surface area contributed by atoms with Crippen molar-refractivity contribution >= 4 is 17.6 Å². The highest BCUT2D eigenvalue weighted by Crippen LogP contribution is 2.29. The number of methoxy groups -OCH3 is 1. The van der Waals surface area contributed by atoms with Crippen LogP contribution in [0.3, 0.4) is 0 Å². The number of benzene rings is 2. The molecule has 1 aliphatic rings. The Labute approximate surface area is 158 Å². The number of carbonyl (C=O) groups is 1. The smallest absolute Gasteiger partial charge is 0.325 e. The first-order chi connectivity index (χ1) is 12.5. The van der Waals surface area contributed by atoms with Crippen molar-refractivity contribution in [3.8, 4) is 11.5 Å². The Hall–Kier alpha value is -2.08. The molecule has 26 heavy (non-hydrogen) atoms. The summed E-state index contributed by atoms with van der Waals surface area (Å²) < 4.78 is 10.7. The molecule has 0 aliphatic carbocycles. The highest BCUT2D eigenvalue weighted by atomic mass is 35.5. The van der Waals surface area contributed by atoms with E-state index in [4.69, 9.17) is 26.8 Å². The first-order valence-electron chi connectivity index (χ1n) is 8.61. The fourth-order valence-corrected chi connectivity index (χ4v) is 3.31. The second kappa shape index (κ2) is 8.08. The summed E-state index contributed by atoms with van der Waals surface area (Å²) in [7, 11) is 1.38. The molecular weight excluding hydrogens is 352 g/mol. The van der Waals surface area contributed by atoms with E-state index in [1.807, 2.05) is 36.4 Å². The van der Waals surface area contributed by atoms with E-state index >= 15 is 0 Å². The van der Waals surface area contributed by atoms with Gasteiger partial charge in [0.2, 0.25) is 0 Å². The Balaban J connectivity index is 1.61. The quantitative estimate of drug-likeness (QED) is 0.810. The summed E-state index contributed by atoms with van der Waals surface area (Å²) >= 11 is 6.15. The lowest BCUT2D eigenvalue weighted by Gasteiger charge is -2.37. The number of esters is 1. The maximum absolute atomic E-state index is 11.8. The fourth-order valence-electron chi connectivity index (χ4n) is 3.14. The van der Waals surface area contributed by atoms with Crippen LogP contribution in [0, 0.1) is 0 Å². The van der Waals surface area contributed by atoms with E-state index in [-0.39, 0.29) is 5.97 Å². The molecule has 1 aliphatic heterocycles. The lowest BCUT2D eigenvalue weighted by Crippen LogP contribution is -2.55. The van der Waals surface area contributed by atoms with Crippen molar-refractivity contribution in [3.05, 3.63) is 59.1 Å². The van der Waals surface area contributed by atoms with Gasteiger partial charge in [0.1, 0.15) is 17.0 Å². The van der Waals surface area contributed by atoms with Crippen molar-refractivity contribution < 1.29 is 14.3 Å². The Morgan fingerprint density at radius 2 is 1.92 bits per heavy atom. The number of likely N-dealkylation sites (tertiary alicyclic amines) is 1. The molecule has 0 atom stereocenters. The Kier molecular flexibility index (Phi) is 5.81. The first kappa shape index (κ1) is 18.7. The summed E-state index contributed by atoms with van der Waals surface area (Å²) in [5.74, 6) is 1.05. The van der Waals surface area contributed by atoms with Crippen LogP contribution in [0.2, 0.25) is 5.02 Å². The second-order valence-electron chi connectivity index (χ2n) is 6.60. The number of hydrogen-bond donors (Lipinski definition) is 1. The molecule has 0 saturated carbocycles. The molecule has 0 bridgehead atoms. The van der Waals surface area contributed by atoms with E-state index in [1.165, 1.54) is 7.11 Å². The van der Waals surface area contributed by atoms with Crippen LogP contribution in [-0.2, 0) is 16.1 Å². The minimum Gasteiger partial charge on any atom is -0.468 e. The topological polar surface area (TPSA) is 64.8 Å². The summed E-state index contributed by atoms with van der Waals surface area (Å²) in [5, 5.41) is 0.580. The average molecular weight is 375 g/mol. The van der Waals surface area contributed by atoms with Crippen molar-refractivity contribution in [1.29, 1.82) is 0 Å². The zero-order valence-electron chi connectivity index (χ0n) is 14.8. The third-order valence-electron chi connectivity index (χ3n) is 4.71. The van der Waals surface area contributed by atoms with E-state index in [2.05, 4.69) is 11.0 Å². The van der Waals surface area contributed by atoms with Crippen LogP contribution in [0.1, 0.15) is 18.4 Å². The Morgan fingerprint density at radius 1 is 1.19 bits per heavy atom. The van der Waals surface area contributed by atoms with Gasteiger partial charge in [-0.25, -0.2) is 0 Å². The Bertz CT molecular complexity index is 773. The van der Waals surface area contributed by atoms with Crippen LogP contribution in [0.5, 0.6) is 11.5 Å². The number of rotatable bonds is 5. The molecule has 5 nitrogen and oxygen atoms in total. The molecule has 1 saturated heterocycles. The van der Waals surface area contributed by atoms with Crippen LogP contribution in [0.25, 0.3) is 0 Å². The van der Waals surface area contributed by atoms with Crippen molar-refractivity contribution in [2.45, 2.75) is 24.9 Å². The summed E-state index contributed by atoms with van der Waals surface area (Å²) in [4.78, 5) is 14.1. The third kappa shape index (κ3) is 4.36. The van der Waals surface area contributed by atoms with Gasteiger partial charge >= 0.3 is 5.97 Å². The molecule has 2 N–H and O–H groups in total. The van der Waals surface area contributed by atoms with Gasteiger partial charge in [0.25, 0.3) is 0 Å². The maximum atomic E-state index is 11.8. The van der Waals surface area contributed by atoms with Crippen LogP contribution in [0.15, 0.2) is 48.5 Å². The number of nitrogens with zero attached hydrogens (tertiary/aromatic N) is 1. The number of nitrogens with two attached hydrogens (primary N) is 1. The van der Waals surface area contributed by atoms with Gasteiger partial charge in [-0.05, 0) is 42.7 Å². The standard InChI is InChI=1S/C20H23ClN2O3/c1-25-19(24)20(22)9-11-23(12-10-20)14-15-5-4-6-16(13-15)26-18-8-3-2-7-17(18)21/h2-8,13H,9-12,14,22H2,1H3. The molecule has 0 spiro atoms. The minimum absolute atomic E-state index is 0.327. The Morgan fingerprint density at radius 3 is 2.62 bits per heavy atom. The molecule has 2 aromatic rings. The lowest BCUT2D eigenvalue weighted by molar-refractivity contribution is -0.149. The maximum Gasteiger partial charge on any atom is 0.325 e. The largest absolute Gasteiger partial charge is 0.468 e. The van der Waals surface area contributed by atoms with Crippen LogP contribution in [0.4, 0.5) is 0 Å². The number of para-hydroxylation sites is 1. The second-order valence-corrected chi connectivity index (χ2v) is 7.01. The molecule has 0 amide bonds. The van der Waals surface area contributed by atoms with E-state index in [0.29, 0.717) is 23.6 Å². The van der Waals surface area contributed by atoms with E-state index < -0.39 is 5.54 Å². The zero-order chi connectivity index (χ0) is 18.6. The summed E-state index contributed by atoms with van der Waals surface area (Å²) in [6.07, 6.45) is 1.19. The molecule has 2 aromatic carbocycles. The van der Waals surface area contributed by atoms with Gasteiger partial charge in [-0.15, -0.1) is 0 Å². The van der Waals surface area contributed by atoms with Gasteiger partial charge in [-0.2, -0.15) is 0 Å². The van der Waals surface area contributed by atoms with Crippen LogP contribution < -0.4 is 10.5 Å². The zero-order valence-corrected chi connectivity index (χ0v) is 15.5. The van der Waals surface area contributed by atoms with Gasteiger partial charge in [-0.3, -0.25) is 9.69 Å². The van der Waals surface area contributed by atoms with Crippen molar-refractivity contribution in [2.75, 3.05) is 20.2 Å². The number of halogens is 1. The summed E-state index contributed by atoms with van der Waals surface area (Å²) in [5.41, 5.74) is 6.43. The fraction of sp³-hybridized carbons (Fsp3) is 0.350. The number of hydrogen-bond acceptors (Lipinski definition) is 5. The highest BCUT2D eigenvalue weighted by molar-refractivity contribution is 6.32. The lowest BCUT2D eigenvalue weighted by atomic mass is 9.88. The molecule has 0 radical (unpaired) electrons. The number of ether oxygens (including phenoxy) is 2. The average Bonchev–Trinajstić information content (AvgIpc) is 2.65. The van der Waals surface area contributed by atoms with Crippen molar-refractivity contribution in [3.63, 3.8) is 0 Å². The van der Waals surface area contributed by atoms with E-state index in [9.17, 15) is 4.79 Å². The summed E-state index contributed by atoms with van der Waals surface area (Å²) in [6, 6.07) is 15.3. The van der Waals surface area contributed by atoms with Crippen molar-refractivity contribution in [2.24, 2.45) is 5.73 Å². The molecule has 1 heterocycles. The predicted octanol–water partition coefficient (Wildman–Crippen LogP) is 3.60. The monoisotopic (exact) mass is 374 g/mol. The molecular formula is C20H23ClN2O3. The SMILES string of the molecule is COC(=O)C1(N)CCN(Cc2cccc(Oc3ccccc3Cl)c2)CC1. The molecule has 0 unspecified atom stereocenters. The van der Waals surface area contributed by atoms with Gasteiger partial charge < -0.3 is 15.2 Å². The third-order valence-corrected chi connectivity index (χ3v) is 5.02. The number of carbonyl (C=O) groups excluding carboxylic acids is 1. The first-order valence-corrected chi connectivity index (χ1v) is 8.99. The van der Waals surface area contributed by atoms with Gasteiger partial charge in [-0.1, -0.05) is 35.9 Å². The normalized spacial score (nSPS) is 16.9. The molecule has 0 aromatic heterocycles. The van der Waals surface area contributed by atoms with Crippen LogP contribution >= 0.6 is 11.6 Å². The van der Waals surface area contributed by atoms with Crippen molar-refractivity contribution in [1.82, 2.24) is 4.90 Å². The summed E-state index contributed by atoms with van der Waals surface area (Å²) in [6.45, 7) is 2.28. The van der Waals surface area contributed by atoms with Gasteiger partial charge in [0, 0.05) is 19.6 Å². The molecule has 6 heteroatoms. The van der Waals surface area contributed by atoms with Gasteiger partial charge in [0.05, 0.1) is 12.1 Å². The van der Waals surface area contributed by atoms with E-state index in [1.54, 1.807) is 6.07 Å².